The largest absolute Gasteiger partial charge is 0.277 e. The second kappa shape index (κ2) is 6.92. The molecule has 0 aromatic heterocycles. The van der Waals surface area contributed by atoms with E-state index in [9.17, 15) is 20.2 Å². The molecule has 0 spiro atoms. The van der Waals surface area contributed by atoms with Gasteiger partial charge in [0.2, 0.25) is 0 Å². The number of hydrogen-bond acceptors (Lipinski definition) is 4. The Kier molecular flexibility index (Phi) is 4.29. The van der Waals surface area contributed by atoms with E-state index < -0.39 is 9.85 Å². The van der Waals surface area contributed by atoms with Gasteiger partial charge in [0.15, 0.2) is 0 Å². The van der Waals surface area contributed by atoms with Gasteiger partial charge in [-0.05, 0) is 28.5 Å². The van der Waals surface area contributed by atoms with Crippen molar-refractivity contribution in [2.24, 2.45) is 0 Å². The lowest BCUT2D eigenvalue weighted by Gasteiger charge is -2.14. The first-order chi connectivity index (χ1) is 13.6. The summed E-state index contributed by atoms with van der Waals surface area (Å²) in [6.07, 6.45) is 0. The summed E-state index contributed by atoms with van der Waals surface area (Å²) >= 11 is 0. The van der Waals surface area contributed by atoms with Crippen molar-refractivity contribution in [2.75, 3.05) is 0 Å². The monoisotopic (exact) mass is 370 g/mol. The predicted octanol–water partition coefficient (Wildman–Crippen LogP) is 5.99. The van der Waals surface area contributed by atoms with Crippen molar-refractivity contribution in [3.8, 4) is 22.3 Å². The Hall–Kier alpha value is -4.06. The Bertz CT molecular complexity index is 1230. The Morgan fingerprint density at radius 1 is 0.536 bits per heavy atom. The van der Waals surface area contributed by atoms with Crippen molar-refractivity contribution in [1.29, 1.82) is 0 Å². The highest BCUT2D eigenvalue weighted by atomic mass is 16.6. The summed E-state index contributed by atoms with van der Waals surface area (Å²) in [5.74, 6) is 0. The molecular weight excluding hydrogens is 356 g/mol. The van der Waals surface area contributed by atoms with Gasteiger partial charge in [0.1, 0.15) is 0 Å². The van der Waals surface area contributed by atoms with E-state index in [4.69, 9.17) is 0 Å². The Morgan fingerprint density at radius 2 is 1.07 bits per heavy atom. The Morgan fingerprint density at radius 3 is 1.75 bits per heavy atom. The van der Waals surface area contributed by atoms with Crippen molar-refractivity contribution in [1.82, 2.24) is 0 Å². The minimum Gasteiger partial charge on any atom is -0.258 e. The summed E-state index contributed by atoms with van der Waals surface area (Å²) in [4.78, 5) is 22.4. The van der Waals surface area contributed by atoms with Crippen LogP contribution in [0.4, 0.5) is 11.4 Å². The number of rotatable bonds is 4. The zero-order valence-corrected chi connectivity index (χ0v) is 14.6. The van der Waals surface area contributed by atoms with E-state index >= 15 is 0 Å². The van der Waals surface area contributed by atoms with Crippen molar-refractivity contribution in [3.05, 3.63) is 105 Å². The van der Waals surface area contributed by atoms with Crippen molar-refractivity contribution in [2.45, 2.75) is 0 Å². The maximum Gasteiger partial charge on any atom is 0.277 e. The molecule has 0 aliphatic carbocycles. The highest BCUT2D eigenvalue weighted by molar-refractivity contribution is 6.06. The molecular formula is C22H14N2O4. The van der Waals surface area contributed by atoms with Gasteiger partial charge >= 0.3 is 0 Å². The van der Waals surface area contributed by atoms with Crippen LogP contribution in [0.1, 0.15) is 0 Å². The summed E-state index contributed by atoms with van der Waals surface area (Å²) < 4.78 is 0. The maximum atomic E-state index is 11.7. The van der Waals surface area contributed by atoms with E-state index in [2.05, 4.69) is 0 Å². The van der Waals surface area contributed by atoms with Crippen molar-refractivity contribution < 1.29 is 9.85 Å². The molecule has 136 valence electrons. The molecule has 0 aliphatic rings. The third-order valence-electron chi connectivity index (χ3n) is 4.69. The Balaban J connectivity index is 2.16. The van der Waals surface area contributed by atoms with Crippen LogP contribution >= 0.6 is 0 Å². The molecule has 0 saturated heterocycles. The van der Waals surface area contributed by atoms with Gasteiger partial charge in [-0.3, -0.25) is 20.2 Å². The fraction of sp³-hybridized carbons (Fsp3) is 0. The molecule has 4 aromatic rings. The molecule has 0 fully saturated rings. The molecule has 0 heterocycles. The van der Waals surface area contributed by atoms with Gasteiger partial charge in [-0.1, -0.05) is 60.7 Å². The number of nitrogens with zero attached hydrogens (tertiary/aromatic N) is 2. The third kappa shape index (κ3) is 2.87. The summed E-state index contributed by atoms with van der Waals surface area (Å²) in [6, 6.07) is 24.1. The number of hydrogen-bond donors (Lipinski definition) is 0. The average Bonchev–Trinajstić information content (AvgIpc) is 2.72. The molecule has 6 heteroatoms. The lowest BCUT2D eigenvalue weighted by atomic mass is 9.88. The molecule has 0 saturated carbocycles. The molecule has 0 aliphatic heterocycles. The van der Waals surface area contributed by atoms with Gasteiger partial charge in [0.25, 0.3) is 11.4 Å². The van der Waals surface area contributed by atoms with Crippen LogP contribution in [-0.4, -0.2) is 9.85 Å². The van der Waals surface area contributed by atoms with E-state index in [1.807, 2.05) is 30.3 Å². The number of fused-ring (bicyclic) bond motifs is 1. The fourth-order valence-corrected chi connectivity index (χ4v) is 3.49. The second-order valence-corrected chi connectivity index (χ2v) is 6.26. The average molecular weight is 370 g/mol. The zero-order valence-electron chi connectivity index (χ0n) is 14.6. The molecule has 4 aromatic carbocycles. The smallest absolute Gasteiger partial charge is 0.258 e. The molecule has 0 bridgehead atoms. The SMILES string of the molecule is O=[N+]([O-])c1ccccc1-c1ccc2ccccc2c1-c1ccccc1[N+](=O)[O-]. The minimum atomic E-state index is -0.437. The molecule has 0 unspecified atom stereocenters. The van der Waals surface area contributed by atoms with E-state index in [-0.39, 0.29) is 11.4 Å². The molecule has 28 heavy (non-hydrogen) atoms. The first-order valence-corrected chi connectivity index (χ1v) is 8.57. The highest BCUT2D eigenvalue weighted by Crippen LogP contribution is 2.43. The van der Waals surface area contributed by atoms with Crippen LogP contribution in [0.5, 0.6) is 0 Å². The summed E-state index contributed by atoms with van der Waals surface area (Å²) in [5.41, 5.74) is 1.96. The van der Waals surface area contributed by atoms with Crippen LogP contribution in [-0.2, 0) is 0 Å². The molecule has 0 amide bonds. The van der Waals surface area contributed by atoms with E-state index in [1.165, 1.54) is 12.1 Å². The molecule has 6 nitrogen and oxygen atoms in total. The minimum absolute atomic E-state index is 0.0429. The first-order valence-electron chi connectivity index (χ1n) is 8.57. The second-order valence-electron chi connectivity index (χ2n) is 6.26. The lowest BCUT2D eigenvalue weighted by molar-refractivity contribution is -0.384. The number of benzene rings is 4. The molecule has 0 radical (unpaired) electrons. The van der Waals surface area contributed by atoms with Crippen molar-refractivity contribution >= 4 is 22.1 Å². The van der Waals surface area contributed by atoms with E-state index in [0.29, 0.717) is 22.3 Å². The quantitative estimate of drug-likeness (QED) is 0.326. The maximum absolute atomic E-state index is 11.7. The lowest BCUT2D eigenvalue weighted by Crippen LogP contribution is -1.96. The summed E-state index contributed by atoms with van der Waals surface area (Å²) in [5, 5.41) is 24.9. The van der Waals surface area contributed by atoms with Crippen LogP contribution < -0.4 is 0 Å². The van der Waals surface area contributed by atoms with E-state index in [1.54, 1.807) is 42.5 Å². The van der Waals surface area contributed by atoms with Crippen LogP contribution in [0, 0.1) is 20.2 Å². The summed E-state index contributed by atoms with van der Waals surface area (Å²) in [7, 11) is 0. The van der Waals surface area contributed by atoms with Crippen LogP contribution in [0.2, 0.25) is 0 Å². The van der Waals surface area contributed by atoms with Gasteiger partial charge in [-0.2, -0.15) is 0 Å². The van der Waals surface area contributed by atoms with Gasteiger partial charge < -0.3 is 0 Å². The summed E-state index contributed by atoms with van der Waals surface area (Å²) in [6.45, 7) is 0. The normalized spacial score (nSPS) is 10.7. The number of nitro benzene ring substituents is 2. The van der Waals surface area contributed by atoms with E-state index in [0.717, 1.165) is 10.8 Å². The Labute approximate surface area is 160 Å². The number of nitro groups is 2. The molecule has 0 atom stereocenters. The zero-order chi connectivity index (χ0) is 19.7. The topological polar surface area (TPSA) is 86.3 Å². The van der Waals surface area contributed by atoms with Crippen LogP contribution in [0.15, 0.2) is 84.9 Å². The predicted molar refractivity (Wildman–Crippen MR) is 108 cm³/mol. The van der Waals surface area contributed by atoms with Gasteiger partial charge in [-0.15, -0.1) is 0 Å². The molecule has 0 N–H and O–H groups in total. The molecule has 4 rings (SSSR count). The standard InChI is InChI=1S/C22H14N2O4/c25-23(26)20-11-5-3-9-17(20)18-14-13-15-7-1-2-8-16(15)22(18)19-10-4-6-12-21(19)24(27)28/h1-14H. The van der Waals surface area contributed by atoms with Crippen molar-refractivity contribution in [3.63, 3.8) is 0 Å². The van der Waals surface area contributed by atoms with Crippen LogP contribution in [0.3, 0.4) is 0 Å². The van der Waals surface area contributed by atoms with Gasteiger partial charge in [-0.25, -0.2) is 0 Å². The third-order valence-corrected chi connectivity index (χ3v) is 4.69. The van der Waals surface area contributed by atoms with Gasteiger partial charge in [0.05, 0.1) is 21.0 Å². The van der Waals surface area contributed by atoms with Gasteiger partial charge in [0, 0.05) is 17.7 Å². The number of para-hydroxylation sites is 2. The van der Waals surface area contributed by atoms with Crippen LogP contribution in [0.25, 0.3) is 33.0 Å². The first kappa shape index (κ1) is 17.4. The fourth-order valence-electron chi connectivity index (χ4n) is 3.49. The highest BCUT2D eigenvalue weighted by Gasteiger charge is 2.23.